The van der Waals surface area contributed by atoms with Gasteiger partial charge in [-0.05, 0) is 26.2 Å². The number of carbonyl (C=O) groups is 1. The zero-order valence-electron chi connectivity index (χ0n) is 17.4. The highest BCUT2D eigenvalue weighted by Gasteiger charge is 2.23. The van der Waals surface area contributed by atoms with E-state index in [2.05, 4.69) is 36.3 Å². The molecule has 0 aliphatic rings. The molecule has 0 saturated carbocycles. The fourth-order valence-corrected chi connectivity index (χ4v) is 2.72. The van der Waals surface area contributed by atoms with Crippen molar-refractivity contribution in [2.24, 2.45) is 5.92 Å². The molecule has 0 fully saturated rings. The van der Waals surface area contributed by atoms with Crippen molar-refractivity contribution in [2.45, 2.75) is 46.8 Å². The number of aliphatic hydroxyl groups is 1. The zero-order chi connectivity index (χ0) is 22.1. The van der Waals surface area contributed by atoms with Crippen molar-refractivity contribution in [2.75, 3.05) is 6.61 Å². The van der Waals surface area contributed by atoms with E-state index in [9.17, 15) is 14.7 Å². The Bertz CT molecular complexity index is 1010. The molecule has 0 aromatic carbocycles. The number of nitrogens with one attached hydrogen (secondary N) is 1. The largest absolute Gasteiger partial charge is 0.462 e. The van der Waals surface area contributed by atoms with E-state index in [4.69, 9.17) is 4.74 Å². The smallest absolute Gasteiger partial charge is 0.340 e. The normalized spacial score (nSPS) is 11.2. The number of esters is 1. The summed E-state index contributed by atoms with van der Waals surface area (Å²) in [6, 6.07) is 0. The van der Waals surface area contributed by atoms with Gasteiger partial charge in [0.25, 0.3) is 5.56 Å². The molecule has 29 heavy (non-hydrogen) atoms. The van der Waals surface area contributed by atoms with Gasteiger partial charge in [-0.3, -0.25) is 4.79 Å². The Morgan fingerprint density at radius 3 is 2.62 bits per heavy atom. The Labute approximate surface area is 171 Å². The minimum atomic E-state index is -0.829. The SMILES string of the molecule is C#C.C=CCCn1cc(C#C[C@@H](C)O)c2c(C(=O)OCC(C)C)c(C)[nH]c2c1=O. The molecule has 0 aliphatic carbocycles. The highest BCUT2D eigenvalue weighted by Crippen LogP contribution is 2.24. The summed E-state index contributed by atoms with van der Waals surface area (Å²) in [6.07, 6.45) is 11.1. The lowest BCUT2D eigenvalue weighted by Crippen LogP contribution is -2.21. The first-order valence-corrected chi connectivity index (χ1v) is 9.32. The van der Waals surface area contributed by atoms with Crippen molar-refractivity contribution >= 4 is 16.9 Å². The summed E-state index contributed by atoms with van der Waals surface area (Å²) >= 11 is 0. The Balaban J connectivity index is 0.00000204. The predicted molar refractivity (Wildman–Crippen MR) is 116 cm³/mol. The van der Waals surface area contributed by atoms with Gasteiger partial charge in [-0.25, -0.2) is 4.79 Å². The summed E-state index contributed by atoms with van der Waals surface area (Å²) < 4.78 is 6.91. The molecule has 0 radical (unpaired) electrons. The third kappa shape index (κ3) is 5.88. The van der Waals surface area contributed by atoms with Crippen LogP contribution < -0.4 is 5.56 Å². The fraction of sp³-hybridized carbons (Fsp3) is 0.391. The average molecular weight is 396 g/mol. The lowest BCUT2D eigenvalue weighted by Gasteiger charge is -2.09. The first kappa shape index (κ1) is 23.8. The predicted octanol–water partition coefficient (Wildman–Crippen LogP) is 3.01. The van der Waals surface area contributed by atoms with Crippen LogP contribution in [0, 0.1) is 37.5 Å². The minimum absolute atomic E-state index is 0.199. The summed E-state index contributed by atoms with van der Waals surface area (Å²) in [7, 11) is 0. The molecule has 0 spiro atoms. The maximum atomic E-state index is 12.8. The molecule has 2 heterocycles. The number of carbonyl (C=O) groups excluding carboxylic acids is 1. The number of rotatable bonds is 6. The molecule has 6 heteroatoms. The molecule has 0 saturated heterocycles. The molecular weight excluding hydrogens is 368 g/mol. The number of aryl methyl sites for hydroxylation is 2. The van der Waals surface area contributed by atoms with Gasteiger partial charge in [0, 0.05) is 23.8 Å². The zero-order valence-corrected chi connectivity index (χ0v) is 17.4. The number of fused-ring (bicyclic) bond motifs is 1. The van der Waals surface area contributed by atoms with Crippen molar-refractivity contribution in [3.8, 4) is 24.7 Å². The van der Waals surface area contributed by atoms with Crippen molar-refractivity contribution in [1.82, 2.24) is 9.55 Å². The number of H-pyrrole nitrogens is 1. The van der Waals surface area contributed by atoms with E-state index >= 15 is 0 Å². The molecule has 2 aromatic heterocycles. The maximum Gasteiger partial charge on any atom is 0.340 e. The van der Waals surface area contributed by atoms with Crippen LogP contribution >= 0.6 is 0 Å². The minimum Gasteiger partial charge on any atom is -0.462 e. The average Bonchev–Trinajstić information content (AvgIpc) is 3.04. The van der Waals surface area contributed by atoms with E-state index in [1.165, 1.54) is 4.57 Å². The molecule has 0 amide bonds. The molecule has 6 nitrogen and oxygen atoms in total. The number of aromatic amines is 1. The molecule has 1 atom stereocenters. The quantitative estimate of drug-likeness (QED) is 0.447. The second-order valence-corrected chi connectivity index (χ2v) is 6.93. The van der Waals surface area contributed by atoms with E-state index in [0.29, 0.717) is 40.7 Å². The van der Waals surface area contributed by atoms with Gasteiger partial charge >= 0.3 is 5.97 Å². The Kier molecular flexibility index (Phi) is 8.99. The summed E-state index contributed by atoms with van der Waals surface area (Å²) in [6.45, 7) is 11.6. The first-order valence-electron chi connectivity index (χ1n) is 9.32. The van der Waals surface area contributed by atoms with E-state index in [1.807, 2.05) is 13.8 Å². The molecule has 0 bridgehead atoms. The number of hydrogen-bond acceptors (Lipinski definition) is 4. The number of ether oxygens (including phenoxy) is 1. The highest BCUT2D eigenvalue weighted by molar-refractivity contribution is 6.07. The van der Waals surface area contributed by atoms with Gasteiger partial charge in [0.15, 0.2) is 0 Å². The van der Waals surface area contributed by atoms with E-state index in [0.717, 1.165) is 0 Å². The van der Waals surface area contributed by atoms with Crippen LogP contribution in [0.25, 0.3) is 10.9 Å². The molecule has 154 valence electrons. The lowest BCUT2D eigenvalue weighted by molar-refractivity contribution is 0.0460. The molecule has 2 aromatic rings. The Morgan fingerprint density at radius 1 is 1.41 bits per heavy atom. The van der Waals surface area contributed by atoms with E-state index < -0.39 is 12.1 Å². The van der Waals surface area contributed by atoms with Crippen molar-refractivity contribution < 1.29 is 14.6 Å². The topological polar surface area (TPSA) is 84.3 Å². The number of terminal acetylenes is 1. The van der Waals surface area contributed by atoms with Gasteiger partial charge in [0.2, 0.25) is 0 Å². The maximum absolute atomic E-state index is 12.8. The fourth-order valence-electron chi connectivity index (χ4n) is 2.72. The van der Waals surface area contributed by atoms with Crippen LogP contribution in [0.4, 0.5) is 0 Å². The summed E-state index contributed by atoms with van der Waals surface area (Å²) in [5, 5.41) is 9.96. The second-order valence-electron chi connectivity index (χ2n) is 6.93. The number of nitrogens with zero attached hydrogens (tertiary/aromatic N) is 1. The standard InChI is InChI=1S/C21H26N2O4.C2H2/c1-6-7-10-23-11-16(9-8-14(4)24)18-17(21(26)27-12-13(2)3)15(5)22-19(18)20(23)25;1-2/h6,11,13-14,22,24H,1,7,10,12H2,2-5H3;1-2H/t14-;/m1./s1. The van der Waals surface area contributed by atoms with Gasteiger partial charge in [-0.2, -0.15) is 0 Å². The molecule has 2 rings (SSSR count). The van der Waals surface area contributed by atoms with Crippen LogP contribution in [0.5, 0.6) is 0 Å². The lowest BCUT2D eigenvalue weighted by atomic mass is 10.1. The number of allylic oxidation sites excluding steroid dienone is 1. The Hall–Kier alpha value is -3.22. The van der Waals surface area contributed by atoms with Crippen LogP contribution in [-0.2, 0) is 11.3 Å². The van der Waals surface area contributed by atoms with Gasteiger partial charge in [-0.15, -0.1) is 19.4 Å². The van der Waals surface area contributed by atoms with Crippen LogP contribution in [0.3, 0.4) is 0 Å². The van der Waals surface area contributed by atoms with Gasteiger partial charge in [0.05, 0.1) is 17.7 Å². The third-order valence-electron chi connectivity index (χ3n) is 3.96. The number of aliphatic hydroxyl groups excluding tert-OH is 1. The van der Waals surface area contributed by atoms with E-state index in [1.54, 1.807) is 26.1 Å². The second kappa shape index (κ2) is 10.9. The van der Waals surface area contributed by atoms with Crippen LogP contribution in [0.15, 0.2) is 23.6 Å². The van der Waals surface area contributed by atoms with Crippen molar-refractivity contribution in [1.29, 1.82) is 0 Å². The first-order chi connectivity index (χ1) is 13.8. The van der Waals surface area contributed by atoms with Crippen LogP contribution in [0.2, 0.25) is 0 Å². The van der Waals surface area contributed by atoms with Gasteiger partial charge in [-0.1, -0.05) is 31.8 Å². The van der Waals surface area contributed by atoms with Crippen LogP contribution in [-0.4, -0.2) is 33.3 Å². The number of hydrogen-bond donors (Lipinski definition) is 2. The molecule has 0 unspecified atom stereocenters. The third-order valence-corrected chi connectivity index (χ3v) is 3.96. The summed E-state index contributed by atoms with van der Waals surface area (Å²) in [5.74, 6) is 5.29. The molecule has 2 N–H and O–H groups in total. The van der Waals surface area contributed by atoms with Gasteiger partial charge < -0.3 is 19.4 Å². The summed E-state index contributed by atoms with van der Waals surface area (Å²) in [5.41, 5.74) is 1.44. The van der Waals surface area contributed by atoms with Gasteiger partial charge in [0.1, 0.15) is 11.6 Å². The molecular formula is C23H28N2O4. The highest BCUT2D eigenvalue weighted by atomic mass is 16.5. The van der Waals surface area contributed by atoms with E-state index in [-0.39, 0.29) is 18.1 Å². The summed E-state index contributed by atoms with van der Waals surface area (Å²) in [4.78, 5) is 28.5. The Morgan fingerprint density at radius 2 is 2.07 bits per heavy atom. The monoisotopic (exact) mass is 396 g/mol. The number of pyridine rings is 1. The molecule has 0 aliphatic heterocycles. The van der Waals surface area contributed by atoms with Crippen molar-refractivity contribution in [3.63, 3.8) is 0 Å². The number of aromatic nitrogens is 2. The van der Waals surface area contributed by atoms with Crippen molar-refractivity contribution in [3.05, 3.63) is 46.0 Å². The van der Waals surface area contributed by atoms with Crippen LogP contribution in [0.1, 0.15) is 48.8 Å².